The number of ketones is 2. The van der Waals surface area contributed by atoms with Crippen LogP contribution in [-0.2, 0) is 11.8 Å². The maximum Gasteiger partial charge on any atom is 0.197 e. The molecule has 3 aliphatic rings. The molecule has 0 saturated heterocycles. The van der Waals surface area contributed by atoms with Gasteiger partial charge >= 0.3 is 0 Å². The van der Waals surface area contributed by atoms with Crippen molar-refractivity contribution in [3.8, 4) is 11.1 Å². The number of benzene rings is 6. The van der Waals surface area contributed by atoms with Gasteiger partial charge in [0.1, 0.15) is 0 Å². The summed E-state index contributed by atoms with van der Waals surface area (Å²) in [7, 11) is 0. The Kier molecular flexibility index (Phi) is 6.29. The third kappa shape index (κ3) is 4.35. The number of nitrogens with zero attached hydrogens (tertiary/aromatic N) is 1. The van der Waals surface area contributed by atoms with Gasteiger partial charge in [0.25, 0.3) is 0 Å². The maximum atomic E-state index is 13.5. The molecular weight excluding hydrogens is 587 g/mol. The van der Waals surface area contributed by atoms with Crippen molar-refractivity contribution in [2.45, 2.75) is 25.7 Å². The van der Waals surface area contributed by atoms with Gasteiger partial charge in [-0.15, -0.1) is 0 Å². The first-order chi connectivity index (χ1) is 23.4. The molecule has 0 N–H and O–H groups in total. The molecule has 0 saturated carbocycles. The van der Waals surface area contributed by atoms with Crippen LogP contribution in [0.5, 0.6) is 0 Å². The molecule has 9 rings (SSSR count). The zero-order valence-corrected chi connectivity index (χ0v) is 26.9. The van der Waals surface area contributed by atoms with E-state index >= 15 is 0 Å². The van der Waals surface area contributed by atoms with Crippen molar-refractivity contribution in [1.82, 2.24) is 0 Å². The maximum absolute atomic E-state index is 13.5. The lowest BCUT2D eigenvalue weighted by Crippen LogP contribution is -2.17. The SMILES string of the molecule is CC1(C)c2ccc(N(c3ccccc3)c3ccccc3)cc2-c2cc3c(cc21)CC(C=C1C(=O)c2cc4ccccc4cc2C1=O)C=C3. The van der Waals surface area contributed by atoms with Gasteiger partial charge in [0, 0.05) is 39.5 Å². The topological polar surface area (TPSA) is 37.4 Å². The third-order valence-corrected chi connectivity index (χ3v) is 10.4. The number of Topliss-reactive ketones (excluding diaryl/α,β-unsaturated/α-hetero) is 2. The van der Waals surface area contributed by atoms with Crippen LogP contribution >= 0.6 is 0 Å². The van der Waals surface area contributed by atoms with E-state index in [9.17, 15) is 9.59 Å². The lowest BCUT2D eigenvalue weighted by Gasteiger charge is -2.27. The number of fused-ring (bicyclic) bond motifs is 6. The van der Waals surface area contributed by atoms with Gasteiger partial charge in [-0.3, -0.25) is 9.59 Å². The summed E-state index contributed by atoms with van der Waals surface area (Å²) in [6.07, 6.45) is 6.96. The highest BCUT2D eigenvalue weighted by atomic mass is 16.2. The molecule has 0 spiro atoms. The second-order valence-electron chi connectivity index (χ2n) is 13.7. The van der Waals surface area contributed by atoms with Crippen molar-refractivity contribution in [3.05, 3.63) is 178 Å². The number of carbonyl (C=O) groups is 2. The molecule has 3 heteroatoms. The summed E-state index contributed by atoms with van der Waals surface area (Å²) in [5, 5.41) is 1.95. The second-order valence-corrected chi connectivity index (χ2v) is 13.7. The van der Waals surface area contributed by atoms with Crippen LogP contribution in [0.1, 0.15) is 56.8 Å². The lowest BCUT2D eigenvalue weighted by molar-refractivity contribution is 0.0987. The van der Waals surface area contributed by atoms with Crippen molar-refractivity contribution in [1.29, 1.82) is 0 Å². The van der Waals surface area contributed by atoms with E-state index in [-0.39, 0.29) is 22.9 Å². The first-order valence-corrected chi connectivity index (χ1v) is 16.6. The fourth-order valence-corrected chi connectivity index (χ4v) is 7.96. The van der Waals surface area contributed by atoms with E-state index in [1.54, 1.807) is 0 Å². The van der Waals surface area contributed by atoms with E-state index < -0.39 is 0 Å². The Morgan fingerprint density at radius 3 is 1.81 bits per heavy atom. The Morgan fingerprint density at radius 1 is 0.604 bits per heavy atom. The van der Waals surface area contributed by atoms with Crippen LogP contribution in [0.15, 0.2) is 145 Å². The molecular formula is C45H33NO2. The zero-order valence-electron chi connectivity index (χ0n) is 26.9. The number of rotatable bonds is 4. The highest BCUT2D eigenvalue weighted by Crippen LogP contribution is 2.52. The average Bonchev–Trinajstić information content (AvgIpc) is 3.47. The molecule has 3 nitrogen and oxygen atoms in total. The average molecular weight is 620 g/mol. The highest BCUT2D eigenvalue weighted by Gasteiger charge is 2.38. The smallest absolute Gasteiger partial charge is 0.197 e. The van der Waals surface area contributed by atoms with E-state index in [2.05, 4.69) is 122 Å². The highest BCUT2D eigenvalue weighted by molar-refractivity contribution is 6.40. The fraction of sp³-hybridized carbons (Fsp3) is 0.111. The number of carbonyl (C=O) groups excluding carboxylic acids is 2. The molecule has 0 radical (unpaired) electrons. The Balaban J connectivity index is 1.07. The monoisotopic (exact) mass is 619 g/mol. The summed E-state index contributed by atoms with van der Waals surface area (Å²) in [5.41, 5.74) is 12.1. The largest absolute Gasteiger partial charge is 0.310 e. The van der Waals surface area contributed by atoms with E-state index in [0.717, 1.165) is 34.3 Å². The van der Waals surface area contributed by atoms with Crippen LogP contribution in [0.2, 0.25) is 0 Å². The van der Waals surface area contributed by atoms with E-state index in [0.29, 0.717) is 16.7 Å². The van der Waals surface area contributed by atoms with Gasteiger partial charge in [0.15, 0.2) is 11.6 Å². The number of para-hydroxylation sites is 2. The second kappa shape index (κ2) is 10.6. The molecule has 0 aliphatic heterocycles. The van der Waals surface area contributed by atoms with Crippen LogP contribution in [0.25, 0.3) is 28.0 Å². The number of allylic oxidation sites excluding steroid dienone is 3. The van der Waals surface area contributed by atoms with Gasteiger partial charge in [0.05, 0.1) is 5.57 Å². The Bertz CT molecular complexity index is 2280. The summed E-state index contributed by atoms with van der Waals surface area (Å²) < 4.78 is 0. The Hall–Kier alpha value is -5.80. The summed E-state index contributed by atoms with van der Waals surface area (Å²) >= 11 is 0. The molecule has 6 aromatic carbocycles. The standard InChI is InChI=1S/C45H33NO2/c1-45(2)41-20-19-35(46(33-13-5-3-6-14-33)34-15-7-4-8-16-34)27-37(41)36-23-31-18-17-28(21-32(31)26-42(36)45)22-40-43(47)38-24-29-11-9-10-12-30(29)25-39(38)44(40)48/h3-20,22-28H,21H2,1-2H3. The van der Waals surface area contributed by atoms with E-state index in [1.807, 2.05) is 42.5 Å². The van der Waals surface area contributed by atoms with Crippen molar-refractivity contribution < 1.29 is 9.59 Å². The molecule has 3 aliphatic carbocycles. The molecule has 48 heavy (non-hydrogen) atoms. The van der Waals surface area contributed by atoms with Gasteiger partial charge in [-0.1, -0.05) is 105 Å². The number of anilines is 3. The zero-order chi connectivity index (χ0) is 32.6. The normalized spacial score (nSPS) is 16.8. The molecule has 1 unspecified atom stereocenters. The molecule has 0 heterocycles. The summed E-state index contributed by atoms with van der Waals surface area (Å²) in [6, 6.07) is 44.2. The minimum Gasteiger partial charge on any atom is -0.310 e. The van der Waals surface area contributed by atoms with Gasteiger partial charge < -0.3 is 4.90 Å². The molecule has 0 fully saturated rings. The fourth-order valence-electron chi connectivity index (χ4n) is 7.96. The van der Waals surface area contributed by atoms with Crippen LogP contribution < -0.4 is 4.90 Å². The summed E-state index contributed by atoms with van der Waals surface area (Å²) in [4.78, 5) is 29.3. The predicted octanol–water partition coefficient (Wildman–Crippen LogP) is 10.8. The number of hydrogen-bond donors (Lipinski definition) is 0. The molecule has 0 aromatic heterocycles. The molecule has 6 aromatic rings. The van der Waals surface area contributed by atoms with Crippen molar-refractivity contribution in [3.63, 3.8) is 0 Å². The quantitative estimate of drug-likeness (QED) is 0.146. The first-order valence-electron chi connectivity index (χ1n) is 16.6. The molecule has 0 bridgehead atoms. The number of hydrogen-bond acceptors (Lipinski definition) is 3. The van der Waals surface area contributed by atoms with Crippen LogP contribution in [-0.4, -0.2) is 11.6 Å². The van der Waals surface area contributed by atoms with Gasteiger partial charge in [-0.25, -0.2) is 0 Å². The Morgan fingerprint density at radius 2 is 1.19 bits per heavy atom. The molecule has 0 amide bonds. The lowest BCUT2D eigenvalue weighted by atomic mass is 9.79. The van der Waals surface area contributed by atoms with Gasteiger partial charge in [-0.05, 0) is 105 Å². The summed E-state index contributed by atoms with van der Waals surface area (Å²) in [5.74, 6) is -0.367. The first kappa shape index (κ1) is 28.4. The minimum absolute atomic E-state index is 0.0361. The minimum atomic E-state index is -0.168. The summed E-state index contributed by atoms with van der Waals surface area (Å²) in [6.45, 7) is 4.62. The molecule has 1 atom stereocenters. The van der Waals surface area contributed by atoms with Crippen molar-refractivity contribution >= 4 is 45.5 Å². The van der Waals surface area contributed by atoms with Crippen molar-refractivity contribution in [2.24, 2.45) is 5.92 Å². The third-order valence-electron chi connectivity index (χ3n) is 10.4. The molecule has 230 valence electrons. The van der Waals surface area contributed by atoms with Crippen LogP contribution in [0.3, 0.4) is 0 Å². The van der Waals surface area contributed by atoms with E-state index in [1.165, 1.54) is 33.4 Å². The van der Waals surface area contributed by atoms with Crippen LogP contribution in [0, 0.1) is 5.92 Å². The van der Waals surface area contributed by atoms with Crippen LogP contribution in [0.4, 0.5) is 17.1 Å². The predicted molar refractivity (Wildman–Crippen MR) is 196 cm³/mol. The van der Waals surface area contributed by atoms with Crippen molar-refractivity contribution in [2.75, 3.05) is 4.90 Å². The van der Waals surface area contributed by atoms with Gasteiger partial charge in [0.2, 0.25) is 0 Å². The van der Waals surface area contributed by atoms with Gasteiger partial charge in [-0.2, -0.15) is 0 Å². The Labute approximate surface area is 280 Å². The van der Waals surface area contributed by atoms with E-state index in [4.69, 9.17) is 0 Å².